The molecule has 0 bridgehead atoms. The molecule has 1 saturated heterocycles. The summed E-state index contributed by atoms with van der Waals surface area (Å²) in [5.74, 6) is -2.87. The van der Waals surface area contributed by atoms with Crippen LogP contribution in [0.1, 0.15) is 81.2 Å². The highest BCUT2D eigenvalue weighted by Crippen LogP contribution is 2.38. The number of halogens is 4. The fraction of sp³-hybridized carbons (Fsp3) is 0.385. The lowest BCUT2D eigenvalue weighted by atomic mass is 9.86. The fourth-order valence-corrected chi connectivity index (χ4v) is 7.34. The second-order valence-corrected chi connectivity index (χ2v) is 13.8. The van der Waals surface area contributed by atoms with E-state index in [0.717, 1.165) is 35.9 Å². The molecular weight excluding hydrogens is 742 g/mol. The fourth-order valence-electron chi connectivity index (χ4n) is 7.34. The van der Waals surface area contributed by atoms with Gasteiger partial charge in [0.2, 0.25) is 17.8 Å². The van der Waals surface area contributed by atoms with E-state index >= 15 is 0 Å². The molecule has 17 heteroatoms. The molecule has 7 rings (SSSR count). The molecular formula is C39H37F4N5O8. The number of fused-ring (bicyclic) bond motifs is 2. The number of imidazole rings is 1. The van der Waals surface area contributed by atoms with Crippen LogP contribution in [-0.4, -0.2) is 83.1 Å². The Kier molecular flexibility index (Phi) is 11.2. The lowest BCUT2D eigenvalue weighted by Gasteiger charge is -2.30. The number of nitrogens with zero attached hydrogens (tertiary/aromatic N) is 3. The molecule has 3 aliphatic rings. The van der Waals surface area contributed by atoms with E-state index in [1.165, 1.54) is 30.3 Å². The van der Waals surface area contributed by atoms with E-state index in [0.29, 0.717) is 49.4 Å². The van der Waals surface area contributed by atoms with E-state index in [2.05, 4.69) is 15.6 Å². The van der Waals surface area contributed by atoms with Crippen molar-refractivity contribution in [2.24, 2.45) is 5.92 Å². The first-order valence-electron chi connectivity index (χ1n) is 18.2. The van der Waals surface area contributed by atoms with Crippen molar-refractivity contribution < 1.29 is 55.7 Å². The Hall–Kier alpha value is -5.68. The first kappa shape index (κ1) is 38.6. The zero-order valence-electron chi connectivity index (χ0n) is 29.9. The molecule has 1 saturated carbocycles. The Bertz CT molecular complexity index is 2180. The van der Waals surface area contributed by atoms with Crippen molar-refractivity contribution in [1.29, 1.82) is 0 Å². The maximum Gasteiger partial charge on any atom is 0.416 e. The Morgan fingerprint density at radius 3 is 2.38 bits per heavy atom. The Morgan fingerprint density at radius 2 is 1.61 bits per heavy atom. The van der Waals surface area contributed by atoms with Gasteiger partial charge in [-0.05, 0) is 86.6 Å². The van der Waals surface area contributed by atoms with Gasteiger partial charge < -0.3 is 18.8 Å². The quantitative estimate of drug-likeness (QED) is 0.0989. The zero-order valence-corrected chi connectivity index (χ0v) is 29.9. The van der Waals surface area contributed by atoms with Crippen molar-refractivity contribution in [3.05, 3.63) is 88.7 Å². The highest BCUT2D eigenvalue weighted by atomic mass is 19.4. The largest absolute Gasteiger partial charge is 0.491 e. The smallest absolute Gasteiger partial charge is 0.416 e. The van der Waals surface area contributed by atoms with Crippen molar-refractivity contribution in [2.45, 2.75) is 56.8 Å². The molecule has 3 aromatic carbocycles. The summed E-state index contributed by atoms with van der Waals surface area (Å²) in [7, 11) is 0. The van der Waals surface area contributed by atoms with Gasteiger partial charge in [0, 0.05) is 30.7 Å². The molecule has 0 radical (unpaired) electrons. The topological polar surface area (TPSA) is 158 Å². The van der Waals surface area contributed by atoms with Gasteiger partial charge in [-0.2, -0.15) is 13.2 Å². The van der Waals surface area contributed by atoms with Crippen molar-refractivity contribution >= 4 is 46.5 Å². The molecule has 1 unspecified atom stereocenters. The van der Waals surface area contributed by atoms with E-state index in [1.807, 2.05) is 4.57 Å². The number of aromatic nitrogens is 2. The lowest BCUT2D eigenvalue weighted by molar-refractivity contribution is -0.138. The van der Waals surface area contributed by atoms with Crippen LogP contribution < -0.4 is 15.4 Å². The molecule has 0 spiro atoms. The number of alkyl halides is 3. The molecule has 13 nitrogen and oxygen atoms in total. The minimum Gasteiger partial charge on any atom is -0.491 e. The number of benzene rings is 3. The number of hydrogen-bond acceptors (Lipinski definition) is 9. The second-order valence-electron chi connectivity index (χ2n) is 13.8. The molecule has 1 atom stereocenters. The first-order valence-corrected chi connectivity index (χ1v) is 18.2. The van der Waals surface area contributed by atoms with Crippen LogP contribution >= 0.6 is 0 Å². The number of anilines is 1. The lowest BCUT2D eigenvalue weighted by Crippen LogP contribution is -2.54. The number of imide groups is 2. The van der Waals surface area contributed by atoms with Gasteiger partial charge >= 0.3 is 6.18 Å². The minimum absolute atomic E-state index is 0.0328. The van der Waals surface area contributed by atoms with Gasteiger partial charge in [0.15, 0.2) is 0 Å². The van der Waals surface area contributed by atoms with E-state index in [4.69, 9.17) is 14.2 Å². The number of piperidine rings is 1. The molecule has 56 heavy (non-hydrogen) atoms. The van der Waals surface area contributed by atoms with E-state index in [-0.39, 0.29) is 60.7 Å². The van der Waals surface area contributed by atoms with Crippen LogP contribution in [0.5, 0.6) is 5.75 Å². The van der Waals surface area contributed by atoms with Crippen molar-refractivity contribution in [1.82, 2.24) is 19.8 Å². The van der Waals surface area contributed by atoms with Crippen LogP contribution in [-0.2, 0) is 25.2 Å². The zero-order chi connectivity index (χ0) is 39.6. The second kappa shape index (κ2) is 16.2. The van der Waals surface area contributed by atoms with E-state index in [1.54, 1.807) is 12.1 Å². The highest BCUT2D eigenvalue weighted by molar-refractivity contribution is 6.23. The van der Waals surface area contributed by atoms with Crippen LogP contribution in [0.25, 0.3) is 11.0 Å². The minimum atomic E-state index is -4.61. The van der Waals surface area contributed by atoms with Gasteiger partial charge in [-0.25, -0.2) is 9.37 Å². The predicted octanol–water partition coefficient (Wildman–Crippen LogP) is 5.69. The summed E-state index contributed by atoms with van der Waals surface area (Å²) in [5.41, 5.74) is 0.0676. The maximum atomic E-state index is 14.1. The molecule has 2 fully saturated rings. The third-order valence-corrected chi connectivity index (χ3v) is 10.1. The van der Waals surface area contributed by atoms with Gasteiger partial charge in [0.25, 0.3) is 17.7 Å². The monoisotopic (exact) mass is 779 g/mol. The number of ether oxygens (including phenoxy) is 3. The summed E-state index contributed by atoms with van der Waals surface area (Å²) in [4.78, 5) is 68.1. The van der Waals surface area contributed by atoms with Gasteiger partial charge in [-0.1, -0.05) is 6.07 Å². The number of carbonyl (C=O) groups is 5. The predicted molar refractivity (Wildman–Crippen MR) is 190 cm³/mol. The molecule has 2 N–H and O–H groups in total. The number of amides is 5. The summed E-state index contributed by atoms with van der Waals surface area (Å²) in [6.07, 6.45) is -1.52. The number of hydrogen-bond donors (Lipinski definition) is 2. The normalized spacial score (nSPS) is 20.0. The number of carbonyl (C=O) groups excluding carboxylic acids is 5. The number of nitrogens with one attached hydrogen (secondary N) is 2. The Labute approximate surface area is 317 Å². The van der Waals surface area contributed by atoms with Crippen molar-refractivity contribution in [2.75, 3.05) is 38.4 Å². The molecule has 3 heterocycles. The van der Waals surface area contributed by atoms with Gasteiger partial charge in [-0.3, -0.25) is 39.5 Å². The molecule has 5 amide bonds. The SMILES string of the molecule is O=C1CCC(N2C(=O)c3ccc(OCCOCCOCC4CCC(n5c(NC(=O)c6cccc(C(F)(F)F)c6)nc6cc(F)ccc65)CC4)cc3C2=O)C(=O)N1. The summed E-state index contributed by atoms with van der Waals surface area (Å²) in [6, 6.07) is 11.6. The Balaban J connectivity index is 0.843. The van der Waals surface area contributed by atoms with Crippen molar-refractivity contribution in [3.63, 3.8) is 0 Å². The Morgan fingerprint density at radius 1 is 0.857 bits per heavy atom. The molecule has 2 aliphatic heterocycles. The molecule has 1 aliphatic carbocycles. The standard InChI is InChI=1S/C39H37F4N5O8/c40-25-6-11-31-30(19-25)44-38(46-34(50)23-2-1-3-24(18-23)39(41,42)43)47(31)26-7-4-22(5-8-26)21-55-15-14-54-16-17-56-27-9-10-28-29(20-27)37(53)48(36(28)52)32-12-13-33(49)45-35(32)51/h1-3,6,9-11,18-20,22,26,32H,4-5,7-8,12-17,21H2,(H,44,46,50)(H,45,49,51). The van der Waals surface area contributed by atoms with E-state index < -0.39 is 53.1 Å². The van der Waals surface area contributed by atoms with Crippen LogP contribution in [0, 0.1) is 11.7 Å². The van der Waals surface area contributed by atoms with Crippen LogP contribution in [0.3, 0.4) is 0 Å². The molecule has 4 aromatic rings. The van der Waals surface area contributed by atoms with E-state index in [9.17, 15) is 41.5 Å². The summed E-state index contributed by atoms with van der Waals surface area (Å²) in [5, 5.41) is 4.82. The summed E-state index contributed by atoms with van der Waals surface area (Å²) < 4.78 is 72.9. The average Bonchev–Trinajstić information content (AvgIpc) is 3.64. The van der Waals surface area contributed by atoms with Crippen LogP contribution in [0.15, 0.2) is 60.7 Å². The maximum absolute atomic E-state index is 14.1. The summed E-state index contributed by atoms with van der Waals surface area (Å²) in [6.45, 7) is 1.55. The highest BCUT2D eigenvalue weighted by Gasteiger charge is 2.44. The van der Waals surface area contributed by atoms with Crippen LogP contribution in [0.4, 0.5) is 23.5 Å². The van der Waals surface area contributed by atoms with Crippen LogP contribution in [0.2, 0.25) is 0 Å². The summed E-state index contributed by atoms with van der Waals surface area (Å²) >= 11 is 0. The molecule has 1 aromatic heterocycles. The first-order chi connectivity index (χ1) is 26.9. The van der Waals surface area contributed by atoms with Gasteiger partial charge in [0.1, 0.15) is 24.2 Å². The van der Waals surface area contributed by atoms with Gasteiger partial charge in [-0.15, -0.1) is 0 Å². The molecule has 294 valence electrons. The van der Waals surface area contributed by atoms with Crippen molar-refractivity contribution in [3.8, 4) is 5.75 Å². The number of rotatable bonds is 13. The van der Waals surface area contributed by atoms with Gasteiger partial charge in [0.05, 0.1) is 47.5 Å². The average molecular weight is 780 g/mol. The third-order valence-electron chi connectivity index (χ3n) is 10.1. The third kappa shape index (κ3) is 8.28.